The normalized spacial score (nSPS) is 9.92. The third kappa shape index (κ3) is 2.28. The molecule has 0 saturated carbocycles. The van der Waals surface area contributed by atoms with E-state index in [1.807, 2.05) is 0 Å². The van der Waals surface area contributed by atoms with Crippen LogP contribution in [0.2, 0.25) is 10.0 Å². The van der Waals surface area contributed by atoms with Crippen molar-refractivity contribution in [2.75, 3.05) is 7.11 Å². The lowest BCUT2D eigenvalue weighted by Crippen LogP contribution is -2.29. The smallest absolute Gasteiger partial charge is 0.488 e. The summed E-state index contributed by atoms with van der Waals surface area (Å²) in [5, 5.41) is 18.2. The van der Waals surface area contributed by atoms with Gasteiger partial charge in [-0.15, -0.1) is 0 Å². The van der Waals surface area contributed by atoms with Gasteiger partial charge in [-0.2, -0.15) is 0 Å². The number of benzene rings is 1. The van der Waals surface area contributed by atoms with Crippen molar-refractivity contribution in [3.05, 3.63) is 22.2 Å². The third-order valence-electron chi connectivity index (χ3n) is 1.54. The molecule has 1 aromatic carbocycles. The van der Waals surface area contributed by atoms with Crippen LogP contribution in [0.1, 0.15) is 0 Å². The second-order valence-corrected chi connectivity index (χ2v) is 3.18. The van der Waals surface area contributed by atoms with Gasteiger partial charge >= 0.3 is 7.12 Å². The maximum atomic E-state index is 8.86. The van der Waals surface area contributed by atoms with Crippen LogP contribution in [0.25, 0.3) is 0 Å². The van der Waals surface area contributed by atoms with E-state index in [-0.39, 0.29) is 15.5 Å². The molecule has 1 aromatic rings. The quantitative estimate of drug-likeness (QED) is 0.721. The second kappa shape index (κ2) is 4.20. The molecular weight excluding hydrogens is 214 g/mol. The largest absolute Gasteiger partial charge is 0.495 e. The Balaban J connectivity index is 3.22. The Morgan fingerprint density at radius 3 is 2.38 bits per heavy atom. The molecule has 0 radical (unpaired) electrons. The Bertz CT molecular complexity index is 317. The van der Waals surface area contributed by atoms with E-state index in [1.54, 1.807) is 0 Å². The van der Waals surface area contributed by atoms with Gasteiger partial charge in [-0.05, 0) is 17.6 Å². The molecule has 0 aromatic heterocycles. The highest BCUT2D eigenvalue weighted by molar-refractivity contribution is 6.59. The highest BCUT2D eigenvalue weighted by Crippen LogP contribution is 2.30. The van der Waals surface area contributed by atoms with Gasteiger partial charge in [0.25, 0.3) is 0 Å². The lowest BCUT2D eigenvalue weighted by molar-refractivity contribution is 0.412. The first-order valence-electron chi connectivity index (χ1n) is 3.45. The zero-order valence-corrected chi connectivity index (χ0v) is 8.30. The van der Waals surface area contributed by atoms with Crippen LogP contribution in [0.15, 0.2) is 12.1 Å². The Morgan fingerprint density at radius 2 is 1.92 bits per heavy atom. The number of methoxy groups -OCH3 is 1. The maximum Gasteiger partial charge on any atom is 0.488 e. The summed E-state index contributed by atoms with van der Waals surface area (Å²) in [5.74, 6) is 0.317. The number of rotatable bonds is 2. The van der Waals surface area contributed by atoms with Gasteiger partial charge in [0.2, 0.25) is 0 Å². The lowest BCUT2D eigenvalue weighted by atomic mass is 9.80. The topological polar surface area (TPSA) is 49.7 Å². The first-order chi connectivity index (χ1) is 6.06. The van der Waals surface area contributed by atoms with Crippen molar-refractivity contribution in [1.82, 2.24) is 0 Å². The fourth-order valence-corrected chi connectivity index (χ4v) is 1.29. The minimum atomic E-state index is -1.58. The highest BCUT2D eigenvalue weighted by Gasteiger charge is 2.16. The molecular formula is C7H7BCl2O3. The molecule has 70 valence electrons. The van der Waals surface area contributed by atoms with E-state index in [0.717, 1.165) is 0 Å². The molecule has 1 rings (SSSR count). The molecule has 0 bridgehead atoms. The number of halogens is 2. The number of hydrogen-bond donors (Lipinski definition) is 2. The minimum absolute atomic E-state index is 0.226. The van der Waals surface area contributed by atoms with Crippen molar-refractivity contribution in [2.24, 2.45) is 0 Å². The van der Waals surface area contributed by atoms with Crippen molar-refractivity contribution >= 4 is 35.8 Å². The highest BCUT2D eigenvalue weighted by atomic mass is 35.5. The van der Waals surface area contributed by atoms with Crippen LogP contribution in [-0.4, -0.2) is 24.3 Å². The van der Waals surface area contributed by atoms with Gasteiger partial charge in [0.1, 0.15) is 10.8 Å². The second-order valence-electron chi connectivity index (χ2n) is 2.39. The summed E-state index contributed by atoms with van der Waals surface area (Å²) in [6, 6.07) is 2.79. The SMILES string of the molecule is COc1cc(B(O)O)cc(Cl)c1Cl. The van der Waals surface area contributed by atoms with Crippen molar-refractivity contribution in [3.63, 3.8) is 0 Å². The van der Waals surface area contributed by atoms with Crippen LogP contribution in [0.3, 0.4) is 0 Å². The molecule has 0 unspecified atom stereocenters. The third-order valence-corrected chi connectivity index (χ3v) is 2.32. The van der Waals surface area contributed by atoms with E-state index >= 15 is 0 Å². The average Bonchev–Trinajstić information content (AvgIpc) is 2.09. The molecule has 3 nitrogen and oxygen atoms in total. The van der Waals surface area contributed by atoms with Crippen LogP contribution >= 0.6 is 23.2 Å². The first kappa shape index (κ1) is 10.7. The standard InChI is InChI=1S/C7H7BCl2O3/c1-13-6-3-4(8(11)12)2-5(9)7(6)10/h2-3,11-12H,1H3. The summed E-state index contributed by atoms with van der Waals surface area (Å²) >= 11 is 11.5. The van der Waals surface area contributed by atoms with Crippen molar-refractivity contribution in [1.29, 1.82) is 0 Å². The van der Waals surface area contributed by atoms with Gasteiger partial charge in [-0.3, -0.25) is 0 Å². The van der Waals surface area contributed by atoms with E-state index in [9.17, 15) is 0 Å². The summed E-state index contributed by atoms with van der Waals surface area (Å²) < 4.78 is 4.88. The average molecular weight is 221 g/mol. The van der Waals surface area contributed by atoms with Crippen molar-refractivity contribution in [2.45, 2.75) is 0 Å². The molecule has 0 amide bonds. The summed E-state index contributed by atoms with van der Waals surface area (Å²) in [4.78, 5) is 0. The zero-order valence-electron chi connectivity index (χ0n) is 6.79. The number of hydrogen-bond acceptors (Lipinski definition) is 3. The van der Waals surface area contributed by atoms with Crippen LogP contribution in [0, 0.1) is 0 Å². The van der Waals surface area contributed by atoms with Gasteiger partial charge in [-0.25, -0.2) is 0 Å². The monoisotopic (exact) mass is 220 g/mol. The van der Waals surface area contributed by atoms with Crippen molar-refractivity contribution < 1.29 is 14.8 Å². The molecule has 0 heterocycles. The minimum Gasteiger partial charge on any atom is -0.495 e. The Kier molecular flexibility index (Phi) is 3.44. The van der Waals surface area contributed by atoms with E-state index in [4.69, 9.17) is 38.0 Å². The molecule has 0 aliphatic rings. The maximum absolute atomic E-state index is 8.86. The molecule has 0 saturated heterocycles. The summed E-state index contributed by atoms with van der Waals surface area (Å²) in [6.07, 6.45) is 0. The molecule has 0 atom stereocenters. The van der Waals surface area contributed by atoms with Crippen LogP contribution in [0.4, 0.5) is 0 Å². The Labute approximate surface area is 86.0 Å². The van der Waals surface area contributed by atoms with E-state index in [1.165, 1.54) is 19.2 Å². The van der Waals surface area contributed by atoms with Gasteiger partial charge in [0, 0.05) is 0 Å². The van der Waals surface area contributed by atoms with Gasteiger partial charge in [-0.1, -0.05) is 23.2 Å². The Morgan fingerprint density at radius 1 is 1.31 bits per heavy atom. The predicted octanol–water partition coefficient (Wildman–Crippen LogP) is 0.682. The molecule has 0 spiro atoms. The Hall–Kier alpha value is -0.415. The first-order valence-corrected chi connectivity index (χ1v) is 4.21. The molecule has 13 heavy (non-hydrogen) atoms. The molecule has 6 heteroatoms. The van der Waals surface area contributed by atoms with Gasteiger partial charge in [0.15, 0.2) is 0 Å². The zero-order chi connectivity index (χ0) is 10.0. The van der Waals surface area contributed by atoms with Gasteiger partial charge in [0.05, 0.1) is 12.1 Å². The summed E-state index contributed by atoms with van der Waals surface area (Å²) in [7, 11) is -0.158. The lowest BCUT2D eigenvalue weighted by Gasteiger charge is -2.07. The summed E-state index contributed by atoms with van der Waals surface area (Å²) in [6.45, 7) is 0. The van der Waals surface area contributed by atoms with Crippen LogP contribution in [-0.2, 0) is 0 Å². The van der Waals surface area contributed by atoms with Crippen molar-refractivity contribution in [3.8, 4) is 5.75 Å². The van der Waals surface area contributed by atoms with E-state index in [0.29, 0.717) is 5.75 Å². The number of ether oxygens (including phenoxy) is 1. The van der Waals surface area contributed by atoms with Gasteiger partial charge < -0.3 is 14.8 Å². The molecule has 2 N–H and O–H groups in total. The summed E-state index contributed by atoms with van der Waals surface area (Å²) in [5.41, 5.74) is 0.242. The van der Waals surface area contributed by atoms with Crippen LogP contribution in [0.5, 0.6) is 5.75 Å². The fraction of sp³-hybridized carbons (Fsp3) is 0.143. The van der Waals surface area contributed by atoms with Crippen LogP contribution < -0.4 is 10.2 Å². The molecule has 0 aliphatic carbocycles. The fourth-order valence-electron chi connectivity index (χ4n) is 0.881. The van der Waals surface area contributed by atoms with E-state index < -0.39 is 7.12 Å². The molecule has 0 fully saturated rings. The van der Waals surface area contributed by atoms with E-state index in [2.05, 4.69) is 0 Å². The molecule has 0 aliphatic heterocycles. The predicted molar refractivity (Wildman–Crippen MR) is 52.8 cm³/mol.